The highest BCUT2D eigenvalue weighted by Gasteiger charge is 2.21. The molecule has 140 valence electrons. The molecule has 0 aliphatic heterocycles. The Morgan fingerprint density at radius 2 is 1.79 bits per heavy atom. The van der Waals surface area contributed by atoms with Crippen LogP contribution >= 0.6 is 15.9 Å². The zero-order valence-electron chi connectivity index (χ0n) is 14.8. The Hall–Kier alpha value is -3.12. The summed E-state index contributed by atoms with van der Waals surface area (Å²) in [5.74, 6) is 0.279. The van der Waals surface area contributed by atoms with Crippen LogP contribution in [0.4, 0.5) is 0 Å². The molecule has 0 atom stereocenters. The molecule has 0 saturated heterocycles. The van der Waals surface area contributed by atoms with E-state index in [0.717, 1.165) is 10.0 Å². The summed E-state index contributed by atoms with van der Waals surface area (Å²) in [6.45, 7) is 0.630. The van der Waals surface area contributed by atoms with E-state index in [1.165, 1.54) is 6.07 Å². The van der Waals surface area contributed by atoms with Gasteiger partial charge in [0.05, 0.1) is 18.2 Å². The van der Waals surface area contributed by atoms with Crippen molar-refractivity contribution in [3.05, 3.63) is 105 Å². The van der Waals surface area contributed by atoms with Crippen molar-refractivity contribution in [2.75, 3.05) is 0 Å². The lowest BCUT2D eigenvalue weighted by Gasteiger charge is -2.21. The first-order valence-corrected chi connectivity index (χ1v) is 9.48. The van der Waals surface area contributed by atoms with Crippen LogP contribution in [0.2, 0.25) is 0 Å². The van der Waals surface area contributed by atoms with E-state index >= 15 is 0 Å². The molecule has 28 heavy (non-hydrogen) atoms. The van der Waals surface area contributed by atoms with Crippen molar-refractivity contribution >= 4 is 32.8 Å². The summed E-state index contributed by atoms with van der Waals surface area (Å²) >= 11 is 3.34. The van der Waals surface area contributed by atoms with Crippen molar-refractivity contribution in [2.24, 2.45) is 0 Å². The Bertz CT molecular complexity index is 1170. The minimum Gasteiger partial charge on any atom is -0.467 e. The lowest BCUT2D eigenvalue weighted by Crippen LogP contribution is -2.30. The molecule has 0 fully saturated rings. The van der Waals surface area contributed by atoms with Gasteiger partial charge in [-0.3, -0.25) is 9.59 Å². The zero-order chi connectivity index (χ0) is 19.5. The van der Waals surface area contributed by atoms with E-state index in [9.17, 15) is 9.59 Å². The van der Waals surface area contributed by atoms with Gasteiger partial charge in [0.15, 0.2) is 11.2 Å². The molecule has 6 heteroatoms. The highest BCUT2D eigenvalue weighted by atomic mass is 79.9. The van der Waals surface area contributed by atoms with Gasteiger partial charge in [-0.25, -0.2) is 0 Å². The molecule has 2 heterocycles. The van der Waals surface area contributed by atoms with Gasteiger partial charge in [-0.2, -0.15) is 0 Å². The molecule has 4 rings (SSSR count). The molecule has 0 N–H and O–H groups in total. The average molecular weight is 438 g/mol. The van der Waals surface area contributed by atoms with Gasteiger partial charge in [0, 0.05) is 17.1 Å². The highest BCUT2D eigenvalue weighted by molar-refractivity contribution is 9.10. The topological polar surface area (TPSA) is 63.7 Å². The molecule has 0 saturated carbocycles. The number of hydrogen-bond acceptors (Lipinski definition) is 4. The molecule has 0 radical (unpaired) electrons. The largest absolute Gasteiger partial charge is 0.467 e. The second-order valence-electron chi connectivity index (χ2n) is 6.34. The van der Waals surface area contributed by atoms with Gasteiger partial charge < -0.3 is 13.7 Å². The molecule has 2 aromatic carbocycles. The van der Waals surface area contributed by atoms with Crippen LogP contribution in [0.3, 0.4) is 0 Å². The first-order valence-electron chi connectivity index (χ1n) is 8.69. The third-order valence-electron chi connectivity index (χ3n) is 4.33. The lowest BCUT2D eigenvalue weighted by atomic mass is 10.2. The summed E-state index contributed by atoms with van der Waals surface area (Å²) in [5, 5.41) is 0.423. The molecule has 4 aromatic rings. The molecule has 0 unspecified atom stereocenters. The number of benzene rings is 2. The lowest BCUT2D eigenvalue weighted by molar-refractivity contribution is 0.0686. The molecular weight excluding hydrogens is 422 g/mol. The van der Waals surface area contributed by atoms with Gasteiger partial charge in [0.2, 0.25) is 0 Å². The number of halogens is 1. The third-order valence-corrected chi connectivity index (χ3v) is 4.82. The van der Waals surface area contributed by atoms with E-state index in [2.05, 4.69) is 15.9 Å². The first kappa shape index (κ1) is 18.3. The fourth-order valence-corrected chi connectivity index (χ4v) is 3.34. The molecule has 0 aliphatic carbocycles. The molecule has 5 nitrogen and oxygen atoms in total. The summed E-state index contributed by atoms with van der Waals surface area (Å²) in [4.78, 5) is 27.3. The van der Waals surface area contributed by atoms with Crippen molar-refractivity contribution in [1.29, 1.82) is 0 Å². The minimum atomic E-state index is -0.373. The Labute approximate surface area is 169 Å². The number of hydrogen-bond donors (Lipinski definition) is 0. The second-order valence-corrected chi connectivity index (χ2v) is 7.26. The van der Waals surface area contributed by atoms with E-state index < -0.39 is 0 Å². The van der Waals surface area contributed by atoms with E-state index in [0.29, 0.717) is 23.3 Å². The third kappa shape index (κ3) is 3.92. The summed E-state index contributed by atoms with van der Waals surface area (Å²) in [6.07, 6.45) is 1.56. The van der Waals surface area contributed by atoms with Crippen LogP contribution in [0.5, 0.6) is 0 Å². The van der Waals surface area contributed by atoms with Gasteiger partial charge in [0.25, 0.3) is 5.91 Å². The van der Waals surface area contributed by atoms with Crippen LogP contribution in [-0.2, 0) is 13.1 Å². The van der Waals surface area contributed by atoms with Crippen LogP contribution in [0.1, 0.15) is 21.9 Å². The number of carbonyl (C=O) groups excluding carboxylic acids is 1. The van der Waals surface area contributed by atoms with Crippen LogP contribution in [0.15, 0.2) is 91.1 Å². The van der Waals surface area contributed by atoms with Crippen molar-refractivity contribution in [1.82, 2.24) is 4.90 Å². The number of amides is 1. The van der Waals surface area contributed by atoms with Gasteiger partial charge in [0.1, 0.15) is 11.3 Å². The maximum atomic E-state index is 13.2. The van der Waals surface area contributed by atoms with E-state index in [-0.39, 0.29) is 23.6 Å². The van der Waals surface area contributed by atoms with Gasteiger partial charge in [-0.1, -0.05) is 46.3 Å². The van der Waals surface area contributed by atoms with E-state index in [1.807, 2.05) is 30.3 Å². The fraction of sp³-hybridized carbons (Fsp3) is 0.0909. The Kier molecular flexibility index (Phi) is 5.12. The predicted molar refractivity (Wildman–Crippen MR) is 109 cm³/mol. The summed E-state index contributed by atoms with van der Waals surface area (Å²) < 4.78 is 11.9. The first-order chi connectivity index (χ1) is 13.6. The van der Waals surface area contributed by atoms with Crippen molar-refractivity contribution < 1.29 is 13.6 Å². The summed E-state index contributed by atoms with van der Waals surface area (Å²) in [6, 6.07) is 19.6. The maximum Gasteiger partial charge on any atom is 0.290 e. The van der Waals surface area contributed by atoms with E-state index in [4.69, 9.17) is 8.83 Å². The number of carbonyl (C=O) groups is 1. The Morgan fingerprint density at radius 1 is 0.964 bits per heavy atom. The van der Waals surface area contributed by atoms with Crippen molar-refractivity contribution in [2.45, 2.75) is 13.1 Å². The number of nitrogens with zero attached hydrogens (tertiary/aromatic N) is 1. The van der Waals surface area contributed by atoms with Crippen molar-refractivity contribution in [3.63, 3.8) is 0 Å². The van der Waals surface area contributed by atoms with Crippen LogP contribution in [-0.4, -0.2) is 10.8 Å². The second kappa shape index (κ2) is 7.86. The monoisotopic (exact) mass is 437 g/mol. The van der Waals surface area contributed by atoms with Crippen LogP contribution < -0.4 is 5.43 Å². The number of fused-ring (bicyclic) bond motifs is 1. The zero-order valence-corrected chi connectivity index (χ0v) is 16.4. The average Bonchev–Trinajstić information content (AvgIpc) is 3.21. The Morgan fingerprint density at radius 3 is 2.54 bits per heavy atom. The summed E-state index contributed by atoms with van der Waals surface area (Å²) in [7, 11) is 0. The minimum absolute atomic E-state index is 0.00214. The predicted octanol–water partition coefficient (Wildman–Crippen LogP) is 4.99. The van der Waals surface area contributed by atoms with Gasteiger partial charge in [-0.05, 0) is 35.9 Å². The molecule has 0 bridgehead atoms. The highest BCUT2D eigenvalue weighted by Crippen LogP contribution is 2.20. The maximum absolute atomic E-state index is 13.2. The van der Waals surface area contributed by atoms with Crippen molar-refractivity contribution in [3.8, 4) is 0 Å². The fourth-order valence-electron chi connectivity index (χ4n) is 2.98. The van der Waals surface area contributed by atoms with E-state index in [1.54, 1.807) is 41.5 Å². The van der Waals surface area contributed by atoms with Gasteiger partial charge in [-0.15, -0.1) is 0 Å². The molecule has 0 spiro atoms. The summed E-state index contributed by atoms with van der Waals surface area (Å²) in [5.41, 5.74) is 1.08. The SMILES string of the molecule is O=C(c1cc(=O)c2cc(Br)ccc2o1)N(Cc1ccccc1)Cc1ccco1. The quantitative estimate of drug-likeness (QED) is 0.441. The number of rotatable bonds is 5. The smallest absolute Gasteiger partial charge is 0.290 e. The molecule has 1 amide bonds. The molecule has 2 aromatic heterocycles. The van der Waals surface area contributed by atoms with Crippen LogP contribution in [0.25, 0.3) is 11.0 Å². The van der Waals surface area contributed by atoms with Gasteiger partial charge >= 0.3 is 0 Å². The molecular formula is C22H16BrNO4. The normalized spacial score (nSPS) is 10.9. The number of furan rings is 1. The van der Waals surface area contributed by atoms with Crippen LogP contribution in [0, 0.1) is 0 Å². The Balaban J connectivity index is 1.71. The standard InChI is InChI=1S/C22H16BrNO4/c23-16-8-9-20-18(11-16)19(25)12-21(28-20)22(26)24(14-17-7-4-10-27-17)13-15-5-2-1-3-6-15/h1-12H,13-14H2. The molecule has 0 aliphatic rings.